The van der Waals surface area contributed by atoms with Crippen LogP contribution in [-0.2, 0) is 0 Å². The van der Waals surface area contributed by atoms with Gasteiger partial charge in [-0.05, 0) is 31.0 Å². The Morgan fingerprint density at radius 2 is 1.95 bits per heavy atom. The van der Waals surface area contributed by atoms with Crippen molar-refractivity contribution in [1.82, 2.24) is 15.1 Å². The first-order valence-corrected chi connectivity index (χ1v) is 8.08. The Labute approximate surface area is 128 Å². The Kier molecular flexibility index (Phi) is 6.00. The summed E-state index contributed by atoms with van der Waals surface area (Å²) in [6, 6.07) is 10.7. The highest BCUT2D eigenvalue weighted by atomic mass is 15.3. The Morgan fingerprint density at radius 3 is 2.62 bits per heavy atom. The highest BCUT2D eigenvalue weighted by molar-refractivity contribution is 5.31. The molecule has 0 saturated heterocycles. The molecule has 0 aliphatic rings. The molecule has 0 spiro atoms. The van der Waals surface area contributed by atoms with Gasteiger partial charge in [0, 0.05) is 17.8 Å². The molecule has 3 nitrogen and oxygen atoms in total. The monoisotopic (exact) mass is 285 g/mol. The molecular weight excluding hydrogens is 258 g/mol. The Hall–Kier alpha value is -1.61. The largest absolute Gasteiger partial charge is 0.310 e. The van der Waals surface area contributed by atoms with Gasteiger partial charge in [0.15, 0.2) is 0 Å². The van der Waals surface area contributed by atoms with Crippen LogP contribution in [0.4, 0.5) is 0 Å². The first-order chi connectivity index (χ1) is 10.2. The van der Waals surface area contributed by atoms with Crippen molar-refractivity contribution in [2.45, 2.75) is 46.1 Å². The smallest absolute Gasteiger partial charge is 0.0645 e. The van der Waals surface area contributed by atoms with Crippen LogP contribution in [0.3, 0.4) is 0 Å². The lowest BCUT2D eigenvalue weighted by Gasteiger charge is -2.20. The molecule has 1 aromatic heterocycles. The summed E-state index contributed by atoms with van der Waals surface area (Å²) in [7, 11) is 0. The van der Waals surface area contributed by atoms with Gasteiger partial charge >= 0.3 is 0 Å². The van der Waals surface area contributed by atoms with Gasteiger partial charge in [0.2, 0.25) is 0 Å². The van der Waals surface area contributed by atoms with E-state index in [-0.39, 0.29) is 0 Å². The molecule has 0 amide bonds. The van der Waals surface area contributed by atoms with Crippen molar-refractivity contribution in [3.63, 3.8) is 0 Å². The number of hydrogen-bond donors (Lipinski definition) is 1. The summed E-state index contributed by atoms with van der Waals surface area (Å²) in [5.74, 6) is 0.735. The van der Waals surface area contributed by atoms with Gasteiger partial charge in [-0.1, -0.05) is 51.8 Å². The van der Waals surface area contributed by atoms with E-state index in [0.29, 0.717) is 6.04 Å². The highest BCUT2D eigenvalue weighted by Gasteiger charge is 2.16. The molecule has 2 aromatic rings. The van der Waals surface area contributed by atoms with Gasteiger partial charge < -0.3 is 5.32 Å². The van der Waals surface area contributed by atoms with Crippen molar-refractivity contribution in [3.8, 4) is 5.69 Å². The van der Waals surface area contributed by atoms with Crippen LogP contribution in [0.25, 0.3) is 5.69 Å². The normalized spacial score (nSPS) is 14.0. The quantitative estimate of drug-likeness (QED) is 0.781. The van der Waals surface area contributed by atoms with Gasteiger partial charge in [-0.25, -0.2) is 4.68 Å². The zero-order valence-electron chi connectivity index (χ0n) is 13.4. The van der Waals surface area contributed by atoms with Crippen molar-refractivity contribution in [2.24, 2.45) is 5.92 Å². The lowest BCUT2D eigenvalue weighted by atomic mass is 9.94. The Bertz CT molecular complexity index is 518. The van der Waals surface area contributed by atoms with Gasteiger partial charge in [0.1, 0.15) is 0 Å². The molecule has 2 atom stereocenters. The lowest BCUT2D eigenvalue weighted by molar-refractivity contribution is 0.395. The number of nitrogens with one attached hydrogen (secondary N) is 1. The molecule has 0 radical (unpaired) electrons. The Balaban J connectivity index is 2.12. The maximum atomic E-state index is 4.52. The van der Waals surface area contributed by atoms with Gasteiger partial charge in [-0.3, -0.25) is 0 Å². The van der Waals surface area contributed by atoms with E-state index in [4.69, 9.17) is 0 Å². The van der Waals surface area contributed by atoms with E-state index in [1.54, 1.807) is 0 Å². The van der Waals surface area contributed by atoms with Gasteiger partial charge in [-0.15, -0.1) is 0 Å². The molecular formula is C18H27N3. The van der Waals surface area contributed by atoms with Crippen LogP contribution in [0.5, 0.6) is 0 Å². The van der Waals surface area contributed by atoms with E-state index >= 15 is 0 Å². The molecule has 0 aliphatic heterocycles. The Morgan fingerprint density at radius 1 is 1.19 bits per heavy atom. The molecule has 114 valence electrons. The van der Waals surface area contributed by atoms with Crippen molar-refractivity contribution < 1.29 is 0 Å². The van der Waals surface area contributed by atoms with Crippen LogP contribution in [0.15, 0.2) is 42.7 Å². The van der Waals surface area contributed by atoms with E-state index in [1.807, 2.05) is 29.1 Å². The second-order valence-corrected chi connectivity index (χ2v) is 5.79. The SMILES string of the molecule is CCCC(C)CC(NCC)c1cnn(-c2ccccc2)c1. The number of para-hydroxylation sites is 1. The molecule has 1 aromatic carbocycles. The second-order valence-electron chi connectivity index (χ2n) is 5.79. The maximum absolute atomic E-state index is 4.52. The average molecular weight is 285 g/mol. The van der Waals surface area contributed by atoms with Crippen molar-refractivity contribution >= 4 is 0 Å². The standard InChI is InChI=1S/C18H27N3/c1-4-9-15(3)12-18(19-5-2)16-13-20-21(14-16)17-10-7-6-8-11-17/h6-8,10-11,13-15,18-19H,4-5,9,12H2,1-3H3. The van der Waals surface area contributed by atoms with E-state index in [2.05, 4.69) is 49.5 Å². The van der Waals surface area contributed by atoms with Crippen molar-refractivity contribution in [2.75, 3.05) is 6.54 Å². The minimum Gasteiger partial charge on any atom is -0.310 e. The van der Waals surface area contributed by atoms with Gasteiger partial charge in [0.05, 0.1) is 11.9 Å². The van der Waals surface area contributed by atoms with E-state index < -0.39 is 0 Å². The molecule has 1 N–H and O–H groups in total. The third-order valence-corrected chi connectivity index (χ3v) is 3.90. The predicted molar refractivity (Wildman–Crippen MR) is 88.7 cm³/mol. The first-order valence-electron chi connectivity index (χ1n) is 8.08. The van der Waals surface area contributed by atoms with Gasteiger partial charge in [0.25, 0.3) is 0 Å². The lowest BCUT2D eigenvalue weighted by Crippen LogP contribution is -2.22. The molecule has 0 bridgehead atoms. The number of aromatic nitrogens is 2. The topological polar surface area (TPSA) is 29.9 Å². The third kappa shape index (κ3) is 4.43. The van der Waals surface area contributed by atoms with Crippen LogP contribution in [-0.4, -0.2) is 16.3 Å². The van der Waals surface area contributed by atoms with Crippen LogP contribution in [0.1, 0.15) is 51.6 Å². The fraction of sp³-hybridized carbons (Fsp3) is 0.500. The number of hydrogen-bond acceptors (Lipinski definition) is 2. The molecule has 2 rings (SSSR count). The van der Waals surface area contributed by atoms with Crippen LogP contribution < -0.4 is 5.32 Å². The molecule has 3 heteroatoms. The summed E-state index contributed by atoms with van der Waals surface area (Å²) in [6.07, 6.45) is 7.86. The van der Waals surface area contributed by atoms with Crippen molar-refractivity contribution in [1.29, 1.82) is 0 Å². The van der Waals surface area contributed by atoms with Crippen LogP contribution in [0.2, 0.25) is 0 Å². The van der Waals surface area contributed by atoms with E-state index in [9.17, 15) is 0 Å². The van der Waals surface area contributed by atoms with E-state index in [1.165, 1.54) is 24.8 Å². The molecule has 1 heterocycles. The number of rotatable bonds is 8. The van der Waals surface area contributed by atoms with Crippen LogP contribution in [0, 0.1) is 5.92 Å². The first kappa shape index (κ1) is 15.8. The summed E-state index contributed by atoms with van der Waals surface area (Å²) < 4.78 is 1.96. The third-order valence-electron chi connectivity index (χ3n) is 3.90. The zero-order valence-corrected chi connectivity index (χ0v) is 13.4. The number of nitrogens with zero attached hydrogens (tertiary/aromatic N) is 2. The van der Waals surface area contributed by atoms with Crippen molar-refractivity contribution in [3.05, 3.63) is 48.3 Å². The zero-order chi connectivity index (χ0) is 15.1. The highest BCUT2D eigenvalue weighted by Crippen LogP contribution is 2.24. The van der Waals surface area contributed by atoms with Crippen LogP contribution >= 0.6 is 0 Å². The maximum Gasteiger partial charge on any atom is 0.0645 e. The second kappa shape index (κ2) is 7.99. The molecule has 0 aliphatic carbocycles. The molecule has 0 fully saturated rings. The summed E-state index contributed by atoms with van der Waals surface area (Å²) in [5.41, 5.74) is 2.39. The fourth-order valence-electron chi connectivity index (χ4n) is 2.84. The van der Waals surface area contributed by atoms with E-state index in [0.717, 1.165) is 18.2 Å². The summed E-state index contributed by atoms with van der Waals surface area (Å²) >= 11 is 0. The fourth-order valence-corrected chi connectivity index (χ4v) is 2.84. The summed E-state index contributed by atoms with van der Waals surface area (Å²) in [6.45, 7) is 7.75. The summed E-state index contributed by atoms with van der Waals surface area (Å²) in [5, 5.41) is 8.12. The number of benzene rings is 1. The summed E-state index contributed by atoms with van der Waals surface area (Å²) in [4.78, 5) is 0. The molecule has 0 saturated carbocycles. The van der Waals surface area contributed by atoms with Gasteiger partial charge in [-0.2, -0.15) is 5.10 Å². The molecule has 21 heavy (non-hydrogen) atoms. The molecule has 2 unspecified atom stereocenters. The minimum absolute atomic E-state index is 0.397. The minimum atomic E-state index is 0.397. The average Bonchev–Trinajstić information content (AvgIpc) is 2.98. The predicted octanol–water partition coefficient (Wildman–Crippen LogP) is 4.35.